The molecular weight excluding hydrogens is 405 g/mol. The van der Waals surface area contributed by atoms with Crippen LogP contribution in [0.5, 0.6) is 0 Å². The summed E-state index contributed by atoms with van der Waals surface area (Å²) in [6, 6.07) is 13.6. The summed E-state index contributed by atoms with van der Waals surface area (Å²) in [6.45, 7) is 4.66. The van der Waals surface area contributed by atoms with Crippen LogP contribution in [-0.4, -0.2) is 36.0 Å². The minimum atomic E-state index is -3.86. The first-order chi connectivity index (χ1) is 14.4. The van der Waals surface area contributed by atoms with E-state index in [4.69, 9.17) is 4.52 Å². The molecular formula is C22H24FN3O3S. The summed E-state index contributed by atoms with van der Waals surface area (Å²) in [7, 11) is -3.86. The predicted molar refractivity (Wildman–Crippen MR) is 110 cm³/mol. The van der Waals surface area contributed by atoms with E-state index in [0.29, 0.717) is 24.6 Å². The molecule has 2 heterocycles. The lowest BCUT2D eigenvalue weighted by Crippen LogP contribution is -2.38. The Bertz CT molecular complexity index is 1140. The molecule has 1 unspecified atom stereocenters. The number of rotatable bonds is 5. The van der Waals surface area contributed by atoms with Gasteiger partial charge in [0.2, 0.25) is 15.9 Å². The maximum Gasteiger partial charge on any atom is 0.245 e. The Morgan fingerprint density at radius 1 is 1.10 bits per heavy atom. The molecule has 158 valence electrons. The number of benzene rings is 2. The van der Waals surface area contributed by atoms with E-state index in [2.05, 4.69) is 29.2 Å². The average molecular weight is 430 g/mol. The van der Waals surface area contributed by atoms with Crippen molar-refractivity contribution in [3.8, 4) is 0 Å². The molecule has 0 bridgehead atoms. The fourth-order valence-electron chi connectivity index (χ4n) is 3.94. The van der Waals surface area contributed by atoms with Crippen molar-refractivity contribution in [3.05, 3.63) is 77.2 Å². The van der Waals surface area contributed by atoms with Crippen LogP contribution in [0.3, 0.4) is 0 Å². The summed E-state index contributed by atoms with van der Waals surface area (Å²) in [6.07, 6.45) is 1.10. The van der Waals surface area contributed by atoms with E-state index in [1.165, 1.54) is 28.1 Å². The lowest BCUT2D eigenvalue weighted by molar-refractivity contribution is 0.269. The molecule has 1 saturated heterocycles. The first-order valence-electron chi connectivity index (χ1n) is 10.0. The van der Waals surface area contributed by atoms with Crippen LogP contribution in [0.1, 0.15) is 54.4 Å². The highest BCUT2D eigenvalue weighted by Crippen LogP contribution is 2.32. The van der Waals surface area contributed by atoms with Crippen molar-refractivity contribution in [1.29, 1.82) is 0 Å². The highest BCUT2D eigenvalue weighted by Gasteiger charge is 2.33. The van der Waals surface area contributed by atoms with E-state index >= 15 is 0 Å². The van der Waals surface area contributed by atoms with Crippen molar-refractivity contribution in [2.45, 2.75) is 43.4 Å². The van der Waals surface area contributed by atoms with Crippen LogP contribution in [0.25, 0.3) is 0 Å². The minimum Gasteiger partial charge on any atom is -0.339 e. The molecule has 0 N–H and O–H groups in total. The summed E-state index contributed by atoms with van der Waals surface area (Å²) in [4.78, 5) is 4.32. The van der Waals surface area contributed by atoms with Gasteiger partial charge in [0, 0.05) is 24.9 Å². The van der Waals surface area contributed by atoms with Gasteiger partial charge in [0.1, 0.15) is 10.7 Å². The van der Waals surface area contributed by atoms with Gasteiger partial charge in [0.15, 0.2) is 5.82 Å². The third kappa shape index (κ3) is 3.89. The normalized spacial score (nSPS) is 17.2. The number of piperidine rings is 1. The first kappa shape index (κ1) is 20.7. The van der Waals surface area contributed by atoms with Gasteiger partial charge in [-0.2, -0.15) is 9.29 Å². The Hall–Kier alpha value is -2.58. The molecule has 0 radical (unpaired) electrons. The van der Waals surface area contributed by atoms with E-state index in [0.717, 1.165) is 11.6 Å². The van der Waals surface area contributed by atoms with Crippen molar-refractivity contribution >= 4 is 10.0 Å². The Morgan fingerprint density at radius 2 is 1.77 bits per heavy atom. The highest BCUT2D eigenvalue weighted by atomic mass is 32.2. The van der Waals surface area contributed by atoms with Gasteiger partial charge in [-0.15, -0.1) is 0 Å². The number of aryl methyl sites for hydroxylation is 1. The van der Waals surface area contributed by atoms with Crippen LogP contribution in [0.2, 0.25) is 0 Å². The molecule has 6 nitrogen and oxygen atoms in total. The second kappa shape index (κ2) is 8.28. The zero-order valence-corrected chi connectivity index (χ0v) is 17.8. The average Bonchev–Trinajstić information content (AvgIpc) is 3.24. The summed E-state index contributed by atoms with van der Waals surface area (Å²) in [5.74, 6) is 0.424. The van der Waals surface area contributed by atoms with Gasteiger partial charge in [0.05, 0.1) is 0 Å². The van der Waals surface area contributed by atoms with Crippen molar-refractivity contribution in [1.82, 2.24) is 14.4 Å². The number of sulfonamides is 1. The monoisotopic (exact) mass is 429 g/mol. The van der Waals surface area contributed by atoms with Crippen LogP contribution >= 0.6 is 0 Å². The zero-order valence-electron chi connectivity index (χ0n) is 17.0. The van der Waals surface area contributed by atoms with Gasteiger partial charge in [0.25, 0.3) is 0 Å². The smallest absolute Gasteiger partial charge is 0.245 e. The molecule has 30 heavy (non-hydrogen) atoms. The molecule has 0 amide bonds. The SMILES string of the molecule is Cc1ccccc1C(C)c1noc(C2CCN(S(=O)(=O)c3ccccc3F)CC2)n1. The van der Waals surface area contributed by atoms with E-state index in [9.17, 15) is 12.8 Å². The Labute approximate surface area is 175 Å². The second-order valence-corrected chi connectivity index (χ2v) is 9.58. The van der Waals surface area contributed by atoms with E-state index < -0.39 is 15.8 Å². The molecule has 1 aromatic heterocycles. The topological polar surface area (TPSA) is 76.3 Å². The van der Waals surface area contributed by atoms with E-state index in [-0.39, 0.29) is 29.8 Å². The van der Waals surface area contributed by atoms with Gasteiger partial charge < -0.3 is 4.52 Å². The fraction of sp³-hybridized carbons (Fsp3) is 0.364. The molecule has 0 aliphatic carbocycles. The quantitative estimate of drug-likeness (QED) is 0.606. The molecule has 1 aliphatic rings. The third-order valence-corrected chi connectivity index (χ3v) is 7.69. The van der Waals surface area contributed by atoms with Crippen molar-refractivity contribution < 1.29 is 17.3 Å². The number of hydrogen-bond acceptors (Lipinski definition) is 5. The molecule has 2 aromatic carbocycles. The fourth-order valence-corrected chi connectivity index (χ4v) is 5.47. The van der Waals surface area contributed by atoms with Crippen LogP contribution in [0.4, 0.5) is 4.39 Å². The zero-order chi connectivity index (χ0) is 21.3. The lowest BCUT2D eigenvalue weighted by Gasteiger charge is -2.29. The van der Waals surface area contributed by atoms with Crippen LogP contribution in [-0.2, 0) is 10.0 Å². The van der Waals surface area contributed by atoms with Crippen LogP contribution < -0.4 is 0 Å². The third-order valence-electron chi connectivity index (χ3n) is 5.76. The largest absolute Gasteiger partial charge is 0.339 e. The summed E-state index contributed by atoms with van der Waals surface area (Å²) >= 11 is 0. The molecule has 1 aliphatic heterocycles. The standard InChI is InChI=1S/C22H24FN3O3S/c1-15-7-3-4-8-18(15)16(2)21-24-22(29-25-21)17-11-13-26(14-12-17)30(27,28)20-10-6-5-9-19(20)23/h3-10,16-17H,11-14H2,1-2H3. The molecule has 0 saturated carbocycles. The maximum absolute atomic E-state index is 14.0. The van der Waals surface area contributed by atoms with Crippen LogP contribution in [0.15, 0.2) is 57.9 Å². The van der Waals surface area contributed by atoms with Crippen molar-refractivity contribution in [3.63, 3.8) is 0 Å². The number of hydrogen-bond donors (Lipinski definition) is 0. The van der Waals surface area contributed by atoms with Crippen LogP contribution in [0, 0.1) is 12.7 Å². The molecule has 8 heteroatoms. The molecule has 1 fully saturated rings. The molecule has 4 rings (SSSR count). The summed E-state index contributed by atoms with van der Waals surface area (Å²) in [5.41, 5.74) is 2.32. The maximum atomic E-state index is 14.0. The molecule has 0 spiro atoms. The Balaban J connectivity index is 1.45. The van der Waals surface area contributed by atoms with Crippen molar-refractivity contribution in [2.24, 2.45) is 0 Å². The highest BCUT2D eigenvalue weighted by molar-refractivity contribution is 7.89. The predicted octanol–water partition coefficient (Wildman–Crippen LogP) is 4.24. The first-order valence-corrected chi connectivity index (χ1v) is 11.5. The number of aromatic nitrogens is 2. The van der Waals surface area contributed by atoms with E-state index in [1.807, 2.05) is 19.1 Å². The number of nitrogens with zero attached hydrogens (tertiary/aromatic N) is 3. The van der Waals surface area contributed by atoms with Gasteiger partial charge >= 0.3 is 0 Å². The Kier molecular flexibility index (Phi) is 5.71. The van der Waals surface area contributed by atoms with E-state index in [1.54, 1.807) is 0 Å². The van der Waals surface area contributed by atoms with Crippen molar-refractivity contribution in [2.75, 3.05) is 13.1 Å². The minimum absolute atomic E-state index is 0.00484. The Morgan fingerprint density at radius 3 is 2.47 bits per heavy atom. The van der Waals surface area contributed by atoms with Gasteiger partial charge in [-0.05, 0) is 43.0 Å². The van der Waals surface area contributed by atoms with Gasteiger partial charge in [-0.25, -0.2) is 12.8 Å². The number of halogens is 1. The lowest BCUT2D eigenvalue weighted by atomic mass is 9.95. The summed E-state index contributed by atoms with van der Waals surface area (Å²) < 4.78 is 46.4. The van der Waals surface area contributed by atoms with Gasteiger partial charge in [-0.3, -0.25) is 0 Å². The summed E-state index contributed by atoms with van der Waals surface area (Å²) in [5, 5.41) is 4.17. The molecule has 3 aromatic rings. The van der Waals surface area contributed by atoms with Gasteiger partial charge in [-0.1, -0.05) is 48.5 Å². The second-order valence-electron chi connectivity index (χ2n) is 7.68. The molecule has 1 atom stereocenters.